The quantitative estimate of drug-likeness (QED) is 0.798. The van der Waals surface area contributed by atoms with Crippen LogP contribution in [0, 0.1) is 0 Å². The van der Waals surface area contributed by atoms with Crippen LogP contribution >= 0.6 is 12.4 Å². The van der Waals surface area contributed by atoms with Gasteiger partial charge in [0.25, 0.3) is 0 Å². The average molecular weight is 250 g/mol. The SMILES string of the molecule is CCN(CC)C(=O)CN1CCC(N)CC1.Cl. The van der Waals surface area contributed by atoms with Crippen LogP contribution in [0.2, 0.25) is 0 Å². The van der Waals surface area contributed by atoms with Crippen LogP contribution in [-0.2, 0) is 4.79 Å². The predicted octanol–water partition coefficient (Wildman–Crippen LogP) is 0.700. The molecule has 0 spiro atoms. The van der Waals surface area contributed by atoms with E-state index in [1.165, 1.54) is 0 Å². The van der Waals surface area contributed by atoms with Crippen LogP contribution in [0.3, 0.4) is 0 Å². The van der Waals surface area contributed by atoms with Crippen molar-refractivity contribution >= 4 is 18.3 Å². The van der Waals surface area contributed by atoms with Crippen LogP contribution in [0.5, 0.6) is 0 Å². The molecule has 0 unspecified atom stereocenters. The number of likely N-dealkylation sites (N-methyl/N-ethyl adjacent to an activating group) is 1. The Morgan fingerprint density at radius 3 is 2.25 bits per heavy atom. The largest absolute Gasteiger partial charge is 0.342 e. The molecule has 0 atom stereocenters. The summed E-state index contributed by atoms with van der Waals surface area (Å²) in [5, 5.41) is 0. The van der Waals surface area contributed by atoms with E-state index in [2.05, 4.69) is 4.90 Å². The van der Waals surface area contributed by atoms with Crippen molar-refractivity contribution in [1.29, 1.82) is 0 Å². The summed E-state index contributed by atoms with van der Waals surface area (Å²) < 4.78 is 0. The van der Waals surface area contributed by atoms with Crippen molar-refractivity contribution in [3.8, 4) is 0 Å². The number of hydrogen-bond acceptors (Lipinski definition) is 3. The van der Waals surface area contributed by atoms with Crippen LogP contribution in [0.25, 0.3) is 0 Å². The molecule has 0 saturated carbocycles. The third-order valence-corrected chi connectivity index (χ3v) is 3.11. The highest BCUT2D eigenvalue weighted by Gasteiger charge is 2.19. The number of rotatable bonds is 4. The maximum Gasteiger partial charge on any atom is 0.236 e. The lowest BCUT2D eigenvalue weighted by atomic mass is 10.1. The molecule has 16 heavy (non-hydrogen) atoms. The molecule has 4 nitrogen and oxygen atoms in total. The molecule has 1 heterocycles. The molecule has 1 amide bonds. The molecule has 0 aromatic carbocycles. The summed E-state index contributed by atoms with van der Waals surface area (Å²) in [4.78, 5) is 15.9. The summed E-state index contributed by atoms with van der Waals surface area (Å²) in [6, 6.07) is 0.338. The van der Waals surface area contributed by atoms with Gasteiger partial charge in [0.2, 0.25) is 5.91 Å². The van der Waals surface area contributed by atoms with E-state index in [1.54, 1.807) is 0 Å². The number of hydrogen-bond donors (Lipinski definition) is 1. The molecule has 5 heteroatoms. The standard InChI is InChI=1S/C11H23N3O.ClH/c1-3-14(4-2)11(15)9-13-7-5-10(12)6-8-13;/h10H,3-9,12H2,1-2H3;1H. The molecule has 0 radical (unpaired) electrons. The lowest BCUT2D eigenvalue weighted by Crippen LogP contribution is -2.45. The molecule has 0 aromatic rings. The van der Waals surface area contributed by atoms with Crippen molar-refractivity contribution in [2.75, 3.05) is 32.7 Å². The van der Waals surface area contributed by atoms with Gasteiger partial charge >= 0.3 is 0 Å². The van der Waals surface area contributed by atoms with Crippen LogP contribution in [0.4, 0.5) is 0 Å². The summed E-state index contributed by atoms with van der Waals surface area (Å²) >= 11 is 0. The van der Waals surface area contributed by atoms with Crippen molar-refractivity contribution in [2.45, 2.75) is 32.7 Å². The summed E-state index contributed by atoms with van der Waals surface area (Å²) in [5.41, 5.74) is 5.82. The zero-order chi connectivity index (χ0) is 11.3. The first-order valence-corrected chi connectivity index (χ1v) is 5.93. The Balaban J connectivity index is 0.00000225. The summed E-state index contributed by atoms with van der Waals surface area (Å²) in [7, 11) is 0. The molecular weight excluding hydrogens is 226 g/mol. The molecule has 1 saturated heterocycles. The van der Waals surface area contributed by atoms with E-state index in [0.717, 1.165) is 39.0 Å². The number of piperidine rings is 1. The summed E-state index contributed by atoms with van der Waals surface area (Å²) in [6.07, 6.45) is 2.04. The van der Waals surface area contributed by atoms with Gasteiger partial charge < -0.3 is 10.6 Å². The fraction of sp³-hybridized carbons (Fsp3) is 0.909. The Hall–Kier alpha value is -0.320. The minimum atomic E-state index is 0. The minimum absolute atomic E-state index is 0. The number of likely N-dealkylation sites (tertiary alicyclic amines) is 1. The second-order valence-electron chi connectivity index (χ2n) is 4.18. The van der Waals surface area contributed by atoms with Gasteiger partial charge in [0.15, 0.2) is 0 Å². The Labute approximate surface area is 105 Å². The van der Waals surface area contributed by atoms with Gasteiger partial charge in [-0.3, -0.25) is 9.69 Å². The molecule has 0 bridgehead atoms. The fourth-order valence-electron chi connectivity index (χ4n) is 1.98. The van der Waals surface area contributed by atoms with Gasteiger partial charge in [-0.2, -0.15) is 0 Å². The normalized spacial score (nSPS) is 17.9. The van der Waals surface area contributed by atoms with Crippen molar-refractivity contribution in [3.05, 3.63) is 0 Å². The highest BCUT2D eigenvalue weighted by atomic mass is 35.5. The third kappa shape index (κ3) is 4.68. The maximum absolute atomic E-state index is 11.8. The van der Waals surface area contributed by atoms with Gasteiger partial charge in [0.05, 0.1) is 6.54 Å². The van der Waals surface area contributed by atoms with Crippen molar-refractivity contribution in [1.82, 2.24) is 9.80 Å². The number of halogens is 1. The van der Waals surface area contributed by atoms with E-state index in [-0.39, 0.29) is 18.3 Å². The van der Waals surface area contributed by atoms with Crippen LogP contribution in [0.1, 0.15) is 26.7 Å². The van der Waals surface area contributed by atoms with E-state index < -0.39 is 0 Å². The number of carbonyl (C=O) groups excluding carboxylic acids is 1. The first kappa shape index (κ1) is 15.7. The van der Waals surface area contributed by atoms with Crippen molar-refractivity contribution in [2.24, 2.45) is 5.73 Å². The number of nitrogens with two attached hydrogens (primary N) is 1. The smallest absolute Gasteiger partial charge is 0.236 e. The second kappa shape index (κ2) is 7.87. The molecular formula is C11H24ClN3O. The molecule has 0 aromatic heterocycles. The lowest BCUT2D eigenvalue weighted by Gasteiger charge is -2.31. The Kier molecular flexibility index (Phi) is 7.72. The van der Waals surface area contributed by atoms with E-state index in [0.29, 0.717) is 12.6 Å². The number of carbonyl (C=O) groups is 1. The topological polar surface area (TPSA) is 49.6 Å². The van der Waals surface area contributed by atoms with Gasteiger partial charge in [0, 0.05) is 32.2 Å². The van der Waals surface area contributed by atoms with Gasteiger partial charge in [-0.25, -0.2) is 0 Å². The van der Waals surface area contributed by atoms with Crippen LogP contribution < -0.4 is 5.73 Å². The zero-order valence-electron chi connectivity index (χ0n) is 10.3. The Morgan fingerprint density at radius 2 is 1.81 bits per heavy atom. The Morgan fingerprint density at radius 1 is 1.31 bits per heavy atom. The van der Waals surface area contributed by atoms with Gasteiger partial charge in [0.1, 0.15) is 0 Å². The second-order valence-corrected chi connectivity index (χ2v) is 4.18. The molecule has 2 N–H and O–H groups in total. The predicted molar refractivity (Wildman–Crippen MR) is 68.8 cm³/mol. The number of amides is 1. The number of nitrogens with zero attached hydrogens (tertiary/aromatic N) is 2. The molecule has 0 aliphatic carbocycles. The fourth-order valence-corrected chi connectivity index (χ4v) is 1.98. The van der Waals surface area contributed by atoms with E-state index in [9.17, 15) is 4.79 Å². The monoisotopic (exact) mass is 249 g/mol. The van der Waals surface area contributed by atoms with Gasteiger partial charge in [-0.15, -0.1) is 12.4 Å². The highest BCUT2D eigenvalue weighted by Crippen LogP contribution is 2.08. The third-order valence-electron chi connectivity index (χ3n) is 3.11. The molecule has 1 aliphatic heterocycles. The first-order valence-electron chi connectivity index (χ1n) is 5.93. The average Bonchev–Trinajstić information content (AvgIpc) is 2.23. The molecule has 1 fully saturated rings. The lowest BCUT2D eigenvalue weighted by molar-refractivity contribution is -0.132. The maximum atomic E-state index is 11.8. The first-order chi connectivity index (χ1) is 7.17. The minimum Gasteiger partial charge on any atom is -0.342 e. The van der Waals surface area contributed by atoms with E-state index >= 15 is 0 Å². The van der Waals surface area contributed by atoms with Crippen molar-refractivity contribution < 1.29 is 4.79 Å². The van der Waals surface area contributed by atoms with Gasteiger partial charge in [-0.05, 0) is 26.7 Å². The van der Waals surface area contributed by atoms with E-state index in [1.807, 2.05) is 18.7 Å². The zero-order valence-corrected chi connectivity index (χ0v) is 11.1. The van der Waals surface area contributed by atoms with Crippen LogP contribution in [-0.4, -0.2) is 54.5 Å². The molecule has 1 aliphatic rings. The summed E-state index contributed by atoms with van der Waals surface area (Å²) in [6.45, 7) is 8.16. The molecule has 1 rings (SSSR count). The molecule has 96 valence electrons. The van der Waals surface area contributed by atoms with Gasteiger partial charge in [-0.1, -0.05) is 0 Å². The Bertz CT molecular complexity index is 201. The van der Waals surface area contributed by atoms with Crippen molar-refractivity contribution in [3.63, 3.8) is 0 Å². The van der Waals surface area contributed by atoms with E-state index in [4.69, 9.17) is 5.73 Å². The highest BCUT2D eigenvalue weighted by molar-refractivity contribution is 5.85. The van der Waals surface area contributed by atoms with Crippen LogP contribution in [0.15, 0.2) is 0 Å². The summed E-state index contributed by atoms with van der Waals surface area (Å²) in [5.74, 6) is 0.246.